The predicted octanol–water partition coefficient (Wildman–Crippen LogP) is 4.33. The maximum Gasteiger partial charge on any atom is 0.259 e. The lowest BCUT2D eigenvalue weighted by Gasteiger charge is -2.10. The predicted molar refractivity (Wildman–Crippen MR) is 116 cm³/mol. The summed E-state index contributed by atoms with van der Waals surface area (Å²) in [4.78, 5) is 21.0. The van der Waals surface area contributed by atoms with Gasteiger partial charge in [0.05, 0.1) is 18.4 Å². The zero-order chi connectivity index (χ0) is 21.8. The zero-order valence-electron chi connectivity index (χ0n) is 17.4. The molecule has 2 heterocycles. The van der Waals surface area contributed by atoms with Gasteiger partial charge in [0.2, 0.25) is 5.88 Å². The van der Waals surface area contributed by atoms with Crippen molar-refractivity contribution in [2.45, 2.75) is 13.8 Å². The molecule has 0 bridgehead atoms. The number of nitrogens with zero attached hydrogens (tertiary/aromatic N) is 4. The molecular weight excluding hydrogens is 394 g/mol. The van der Waals surface area contributed by atoms with Crippen LogP contribution in [0.5, 0.6) is 17.4 Å². The van der Waals surface area contributed by atoms with E-state index >= 15 is 0 Å². The lowest BCUT2D eigenvalue weighted by atomic mass is 10.2. The van der Waals surface area contributed by atoms with E-state index in [1.807, 2.05) is 26.0 Å². The van der Waals surface area contributed by atoms with Crippen LogP contribution in [0.25, 0.3) is 5.82 Å². The highest BCUT2D eigenvalue weighted by molar-refractivity contribution is 6.06. The molecule has 0 radical (unpaired) electrons. The smallest absolute Gasteiger partial charge is 0.259 e. The van der Waals surface area contributed by atoms with Gasteiger partial charge in [-0.25, -0.2) is 14.6 Å². The van der Waals surface area contributed by atoms with E-state index in [4.69, 9.17) is 9.47 Å². The van der Waals surface area contributed by atoms with E-state index in [-0.39, 0.29) is 5.91 Å². The first-order valence-corrected chi connectivity index (χ1v) is 9.61. The summed E-state index contributed by atoms with van der Waals surface area (Å²) in [5.74, 6) is 1.85. The van der Waals surface area contributed by atoms with E-state index < -0.39 is 0 Å². The highest BCUT2D eigenvalue weighted by atomic mass is 16.5. The number of rotatable bonds is 6. The Balaban J connectivity index is 1.46. The third kappa shape index (κ3) is 4.53. The molecule has 0 aliphatic carbocycles. The van der Waals surface area contributed by atoms with Gasteiger partial charge in [-0.3, -0.25) is 4.79 Å². The number of para-hydroxylation sites is 1. The van der Waals surface area contributed by atoms with Crippen molar-refractivity contribution >= 4 is 11.6 Å². The van der Waals surface area contributed by atoms with Crippen LogP contribution in [-0.4, -0.2) is 32.8 Å². The molecule has 156 valence electrons. The molecular formula is C23H21N5O3. The van der Waals surface area contributed by atoms with Gasteiger partial charge >= 0.3 is 0 Å². The van der Waals surface area contributed by atoms with Crippen LogP contribution in [0.2, 0.25) is 0 Å². The Morgan fingerprint density at radius 2 is 1.77 bits per heavy atom. The minimum atomic E-state index is -0.253. The molecule has 0 aliphatic heterocycles. The monoisotopic (exact) mass is 415 g/mol. The number of carbonyl (C=O) groups excluding carboxylic acids is 1. The highest BCUT2D eigenvalue weighted by Gasteiger charge is 2.12. The fourth-order valence-electron chi connectivity index (χ4n) is 3.12. The van der Waals surface area contributed by atoms with E-state index in [9.17, 15) is 4.79 Å². The number of ether oxygens (including phenoxy) is 2. The van der Waals surface area contributed by atoms with Gasteiger partial charge in [-0.2, -0.15) is 5.10 Å². The number of benzene rings is 2. The van der Waals surface area contributed by atoms with Crippen molar-refractivity contribution < 1.29 is 14.3 Å². The summed E-state index contributed by atoms with van der Waals surface area (Å²) in [5, 5.41) is 7.28. The molecule has 1 amide bonds. The van der Waals surface area contributed by atoms with Crippen LogP contribution >= 0.6 is 0 Å². The van der Waals surface area contributed by atoms with Crippen LogP contribution in [0.15, 0.2) is 67.0 Å². The fraction of sp³-hybridized carbons (Fsp3) is 0.130. The molecule has 2 aromatic heterocycles. The number of hydrogen-bond donors (Lipinski definition) is 1. The van der Waals surface area contributed by atoms with Gasteiger partial charge in [0.25, 0.3) is 5.91 Å². The summed E-state index contributed by atoms with van der Waals surface area (Å²) in [6.45, 7) is 3.89. The van der Waals surface area contributed by atoms with Crippen LogP contribution in [0.4, 0.5) is 5.69 Å². The summed E-state index contributed by atoms with van der Waals surface area (Å²) < 4.78 is 12.8. The first-order chi connectivity index (χ1) is 15.0. The van der Waals surface area contributed by atoms with Crippen molar-refractivity contribution in [3.63, 3.8) is 0 Å². The number of methoxy groups -OCH3 is 1. The number of aryl methyl sites for hydroxylation is 2. The Morgan fingerprint density at radius 1 is 1.00 bits per heavy atom. The number of hydrogen-bond acceptors (Lipinski definition) is 6. The van der Waals surface area contributed by atoms with Gasteiger partial charge in [-0.05, 0) is 56.3 Å². The second-order valence-electron chi connectivity index (χ2n) is 6.83. The van der Waals surface area contributed by atoms with Crippen molar-refractivity contribution in [2.24, 2.45) is 0 Å². The lowest BCUT2D eigenvalue weighted by molar-refractivity contribution is 0.102. The van der Waals surface area contributed by atoms with Gasteiger partial charge < -0.3 is 14.8 Å². The highest BCUT2D eigenvalue weighted by Crippen LogP contribution is 2.24. The summed E-state index contributed by atoms with van der Waals surface area (Å²) in [7, 11) is 1.53. The average molecular weight is 415 g/mol. The van der Waals surface area contributed by atoms with Crippen molar-refractivity contribution in [3.05, 3.63) is 83.9 Å². The Morgan fingerprint density at radius 3 is 2.48 bits per heavy atom. The lowest BCUT2D eigenvalue weighted by Crippen LogP contribution is -2.12. The van der Waals surface area contributed by atoms with Crippen molar-refractivity contribution in [1.29, 1.82) is 0 Å². The van der Waals surface area contributed by atoms with E-state index in [1.54, 1.807) is 53.2 Å². The number of nitrogens with one attached hydrogen (secondary N) is 1. The van der Waals surface area contributed by atoms with Gasteiger partial charge in [0.1, 0.15) is 17.8 Å². The van der Waals surface area contributed by atoms with Gasteiger partial charge in [0, 0.05) is 17.4 Å². The van der Waals surface area contributed by atoms with Crippen LogP contribution < -0.4 is 14.8 Å². The second kappa shape index (κ2) is 8.66. The van der Waals surface area contributed by atoms with Gasteiger partial charge in [0.15, 0.2) is 5.82 Å². The van der Waals surface area contributed by atoms with E-state index in [1.165, 1.54) is 13.4 Å². The van der Waals surface area contributed by atoms with Gasteiger partial charge in [-0.15, -0.1) is 0 Å². The summed E-state index contributed by atoms with van der Waals surface area (Å²) >= 11 is 0. The first kappa shape index (κ1) is 20.1. The fourth-order valence-corrected chi connectivity index (χ4v) is 3.12. The number of aromatic nitrogens is 4. The minimum Gasteiger partial charge on any atom is -0.496 e. The number of amides is 1. The summed E-state index contributed by atoms with van der Waals surface area (Å²) in [5.41, 5.74) is 2.97. The van der Waals surface area contributed by atoms with E-state index in [0.29, 0.717) is 34.4 Å². The van der Waals surface area contributed by atoms with E-state index in [0.717, 1.165) is 11.4 Å². The third-order valence-electron chi connectivity index (χ3n) is 4.54. The SMILES string of the molecule is COc1ccccc1C(=O)Nc1ccc(Oc2cc(-n3nc(C)cc3C)ncn2)cc1. The Kier molecular flexibility index (Phi) is 5.61. The Labute approximate surface area is 179 Å². The normalized spacial score (nSPS) is 10.5. The van der Waals surface area contributed by atoms with Crippen molar-refractivity contribution in [1.82, 2.24) is 19.7 Å². The van der Waals surface area contributed by atoms with Crippen LogP contribution in [0.1, 0.15) is 21.7 Å². The van der Waals surface area contributed by atoms with E-state index in [2.05, 4.69) is 20.4 Å². The maximum absolute atomic E-state index is 12.5. The molecule has 0 atom stereocenters. The molecule has 0 saturated heterocycles. The average Bonchev–Trinajstić information content (AvgIpc) is 3.13. The summed E-state index contributed by atoms with van der Waals surface area (Å²) in [6, 6.07) is 17.8. The topological polar surface area (TPSA) is 91.2 Å². The number of carbonyl (C=O) groups is 1. The third-order valence-corrected chi connectivity index (χ3v) is 4.54. The molecule has 1 N–H and O–H groups in total. The molecule has 0 spiro atoms. The Hall–Kier alpha value is -4.20. The molecule has 4 aromatic rings. The molecule has 0 fully saturated rings. The molecule has 0 saturated carbocycles. The molecule has 31 heavy (non-hydrogen) atoms. The van der Waals surface area contributed by atoms with Crippen LogP contribution in [0, 0.1) is 13.8 Å². The maximum atomic E-state index is 12.5. The van der Waals surface area contributed by atoms with Crippen LogP contribution in [-0.2, 0) is 0 Å². The number of anilines is 1. The summed E-state index contributed by atoms with van der Waals surface area (Å²) in [6.07, 6.45) is 1.43. The zero-order valence-corrected chi connectivity index (χ0v) is 17.4. The molecule has 4 rings (SSSR count). The molecule has 0 aliphatic rings. The molecule has 8 nitrogen and oxygen atoms in total. The molecule has 8 heteroatoms. The van der Waals surface area contributed by atoms with Gasteiger partial charge in [-0.1, -0.05) is 12.1 Å². The Bertz CT molecular complexity index is 1220. The first-order valence-electron chi connectivity index (χ1n) is 9.61. The van der Waals surface area contributed by atoms with Crippen LogP contribution in [0.3, 0.4) is 0 Å². The van der Waals surface area contributed by atoms with Crippen molar-refractivity contribution in [2.75, 3.05) is 12.4 Å². The standard InChI is InChI=1S/C23H21N5O3/c1-15-12-16(2)28(27-15)21-13-22(25-14-24-21)31-18-10-8-17(9-11-18)26-23(29)19-6-4-5-7-20(19)30-3/h4-14H,1-3H3,(H,26,29). The molecule has 0 unspecified atom stereocenters. The quantitative estimate of drug-likeness (QED) is 0.504. The largest absolute Gasteiger partial charge is 0.496 e. The van der Waals surface area contributed by atoms with Crippen molar-refractivity contribution in [3.8, 4) is 23.2 Å². The second-order valence-corrected chi connectivity index (χ2v) is 6.83. The minimum absolute atomic E-state index is 0.253. The molecule has 2 aromatic carbocycles.